The normalized spacial score (nSPS) is 19.5. The van der Waals surface area contributed by atoms with E-state index in [9.17, 15) is 0 Å². The van der Waals surface area contributed by atoms with Crippen LogP contribution in [-0.4, -0.2) is 23.0 Å². The fraction of sp³-hybridized carbons (Fsp3) is 0.421. The third kappa shape index (κ3) is 3.92. The Morgan fingerprint density at radius 2 is 1.95 bits per heavy atom. The first-order chi connectivity index (χ1) is 10.4. The first kappa shape index (κ1) is 14.3. The van der Waals surface area contributed by atoms with Gasteiger partial charge in [0.25, 0.3) is 0 Å². The molecule has 1 aliphatic rings. The van der Waals surface area contributed by atoms with Gasteiger partial charge in [0.05, 0.1) is 0 Å². The Morgan fingerprint density at radius 1 is 1.05 bits per heavy atom. The molecule has 1 fully saturated rings. The highest BCUT2D eigenvalue weighted by Gasteiger charge is 2.23. The first-order valence-electron chi connectivity index (χ1n) is 8.11. The van der Waals surface area contributed by atoms with Gasteiger partial charge < -0.3 is 0 Å². The van der Waals surface area contributed by atoms with Gasteiger partial charge in [0, 0.05) is 18.4 Å². The summed E-state index contributed by atoms with van der Waals surface area (Å²) in [5.74, 6) is 0. The van der Waals surface area contributed by atoms with E-state index in [1.54, 1.807) is 0 Å². The van der Waals surface area contributed by atoms with Crippen LogP contribution in [0.5, 0.6) is 0 Å². The van der Waals surface area contributed by atoms with Crippen LogP contribution in [0.4, 0.5) is 0 Å². The van der Waals surface area contributed by atoms with Crippen molar-refractivity contribution in [2.24, 2.45) is 0 Å². The molecule has 0 saturated carbocycles. The second-order valence-corrected chi connectivity index (χ2v) is 5.92. The van der Waals surface area contributed by atoms with Gasteiger partial charge in [0.1, 0.15) is 0 Å². The molecular formula is C19H24N2. The Hall–Kier alpha value is -1.67. The van der Waals surface area contributed by atoms with Crippen molar-refractivity contribution >= 4 is 0 Å². The molecule has 2 nitrogen and oxygen atoms in total. The lowest BCUT2D eigenvalue weighted by atomic mass is 9.96. The molecule has 1 aromatic heterocycles. The van der Waals surface area contributed by atoms with Crippen molar-refractivity contribution in [3.8, 4) is 0 Å². The highest BCUT2D eigenvalue weighted by atomic mass is 15.2. The molecule has 2 aromatic rings. The fourth-order valence-electron chi connectivity index (χ4n) is 3.34. The summed E-state index contributed by atoms with van der Waals surface area (Å²) in [6.45, 7) is 2.42. The molecule has 0 N–H and O–H groups in total. The van der Waals surface area contributed by atoms with Gasteiger partial charge in [-0.05, 0) is 56.0 Å². The molecule has 0 spiro atoms. The van der Waals surface area contributed by atoms with Crippen LogP contribution >= 0.6 is 0 Å². The fourth-order valence-corrected chi connectivity index (χ4v) is 3.34. The van der Waals surface area contributed by atoms with Crippen LogP contribution in [0, 0.1) is 0 Å². The summed E-state index contributed by atoms with van der Waals surface area (Å²) in [6.07, 6.45) is 10.3. The lowest BCUT2D eigenvalue weighted by molar-refractivity contribution is 0.147. The number of hydrogen-bond donors (Lipinski definition) is 0. The zero-order valence-corrected chi connectivity index (χ0v) is 12.6. The second kappa shape index (κ2) is 7.37. The van der Waals surface area contributed by atoms with Crippen LogP contribution in [0.2, 0.25) is 0 Å². The molecule has 2 heterocycles. The predicted octanol–water partition coefficient (Wildman–Crippen LogP) is 4.24. The summed E-state index contributed by atoms with van der Waals surface area (Å²) in [7, 11) is 0. The maximum absolute atomic E-state index is 4.30. The van der Waals surface area contributed by atoms with Crippen LogP contribution in [0.25, 0.3) is 0 Å². The number of aromatic nitrogens is 1. The van der Waals surface area contributed by atoms with Gasteiger partial charge in [-0.3, -0.25) is 9.88 Å². The van der Waals surface area contributed by atoms with Gasteiger partial charge in [-0.1, -0.05) is 42.8 Å². The standard InChI is InChI=1S/C19H24N2/c1-2-8-17(9-3-1)10-7-15-21-14-5-4-12-19(21)18-11-6-13-20-16-18/h1-3,6,8-9,11,13,16,19H,4-5,7,10,12,14-15H2/t19-/m0/s1. The molecule has 0 radical (unpaired) electrons. The lowest BCUT2D eigenvalue weighted by Crippen LogP contribution is -2.34. The molecule has 0 bridgehead atoms. The topological polar surface area (TPSA) is 16.1 Å². The molecule has 1 atom stereocenters. The number of piperidine rings is 1. The van der Waals surface area contributed by atoms with Crippen molar-refractivity contribution in [2.45, 2.75) is 38.1 Å². The largest absolute Gasteiger partial charge is 0.296 e. The minimum Gasteiger partial charge on any atom is -0.296 e. The first-order valence-corrected chi connectivity index (χ1v) is 8.11. The molecule has 1 aromatic carbocycles. The van der Waals surface area contributed by atoms with E-state index in [0.29, 0.717) is 6.04 Å². The lowest BCUT2D eigenvalue weighted by Gasteiger charge is -2.36. The molecule has 0 aliphatic carbocycles. The zero-order valence-electron chi connectivity index (χ0n) is 12.6. The smallest absolute Gasteiger partial charge is 0.0363 e. The summed E-state index contributed by atoms with van der Waals surface area (Å²) in [5.41, 5.74) is 2.84. The molecule has 0 amide bonds. The van der Waals surface area contributed by atoms with E-state index in [-0.39, 0.29) is 0 Å². The van der Waals surface area contributed by atoms with Crippen LogP contribution in [0.1, 0.15) is 42.9 Å². The van der Waals surface area contributed by atoms with Crippen molar-refractivity contribution in [3.63, 3.8) is 0 Å². The van der Waals surface area contributed by atoms with Gasteiger partial charge in [0.15, 0.2) is 0 Å². The van der Waals surface area contributed by atoms with Crippen LogP contribution < -0.4 is 0 Å². The van der Waals surface area contributed by atoms with Crippen molar-refractivity contribution in [1.29, 1.82) is 0 Å². The van der Waals surface area contributed by atoms with Gasteiger partial charge in [-0.2, -0.15) is 0 Å². The van der Waals surface area contributed by atoms with E-state index in [4.69, 9.17) is 0 Å². The third-order valence-electron chi connectivity index (χ3n) is 4.44. The number of pyridine rings is 1. The second-order valence-electron chi connectivity index (χ2n) is 5.92. The van der Waals surface area contributed by atoms with E-state index < -0.39 is 0 Å². The SMILES string of the molecule is c1ccc(CCCN2CCCC[C@H]2c2cccnc2)cc1. The Bertz CT molecular complexity index is 524. The number of nitrogens with zero attached hydrogens (tertiary/aromatic N) is 2. The Morgan fingerprint density at radius 3 is 2.76 bits per heavy atom. The average molecular weight is 280 g/mol. The molecule has 3 rings (SSSR count). The minimum absolute atomic E-state index is 0.572. The highest BCUT2D eigenvalue weighted by Crippen LogP contribution is 2.30. The maximum atomic E-state index is 4.30. The average Bonchev–Trinajstić information content (AvgIpc) is 2.57. The maximum Gasteiger partial charge on any atom is 0.0363 e. The number of likely N-dealkylation sites (tertiary alicyclic amines) is 1. The number of benzene rings is 1. The zero-order chi connectivity index (χ0) is 14.3. The molecule has 2 heteroatoms. The van der Waals surface area contributed by atoms with Gasteiger partial charge in [0.2, 0.25) is 0 Å². The van der Waals surface area contributed by atoms with Crippen molar-refractivity contribution < 1.29 is 0 Å². The quantitative estimate of drug-likeness (QED) is 0.814. The van der Waals surface area contributed by atoms with Gasteiger partial charge >= 0.3 is 0 Å². The molecule has 1 aliphatic heterocycles. The van der Waals surface area contributed by atoms with E-state index in [2.05, 4.69) is 52.3 Å². The summed E-state index contributed by atoms with van der Waals surface area (Å²) >= 11 is 0. The molecule has 0 unspecified atom stereocenters. The van der Waals surface area contributed by atoms with Crippen LogP contribution in [-0.2, 0) is 6.42 Å². The highest BCUT2D eigenvalue weighted by molar-refractivity contribution is 5.16. The van der Waals surface area contributed by atoms with Gasteiger partial charge in [-0.15, -0.1) is 0 Å². The monoisotopic (exact) mass is 280 g/mol. The van der Waals surface area contributed by atoms with E-state index in [1.807, 2.05) is 12.4 Å². The summed E-state index contributed by atoms with van der Waals surface area (Å²) in [4.78, 5) is 6.95. The van der Waals surface area contributed by atoms with Crippen molar-refractivity contribution in [2.75, 3.05) is 13.1 Å². The molecular weight excluding hydrogens is 256 g/mol. The Balaban J connectivity index is 1.57. The molecule has 21 heavy (non-hydrogen) atoms. The Labute approximate surface area is 127 Å². The Kier molecular flexibility index (Phi) is 5.01. The van der Waals surface area contributed by atoms with E-state index in [0.717, 1.165) is 0 Å². The summed E-state index contributed by atoms with van der Waals surface area (Å²) in [6, 6.07) is 15.7. The van der Waals surface area contributed by atoms with Crippen LogP contribution in [0.15, 0.2) is 54.9 Å². The number of aryl methyl sites for hydroxylation is 1. The molecule has 110 valence electrons. The van der Waals surface area contributed by atoms with E-state index in [1.165, 1.54) is 56.3 Å². The van der Waals surface area contributed by atoms with Gasteiger partial charge in [-0.25, -0.2) is 0 Å². The number of rotatable bonds is 5. The summed E-state index contributed by atoms with van der Waals surface area (Å²) in [5, 5.41) is 0. The van der Waals surface area contributed by atoms with Crippen molar-refractivity contribution in [1.82, 2.24) is 9.88 Å². The minimum atomic E-state index is 0.572. The number of hydrogen-bond acceptors (Lipinski definition) is 2. The van der Waals surface area contributed by atoms with Crippen molar-refractivity contribution in [3.05, 3.63) is 66.0 Å². The molecule has 1 saturated heterocycles. The predicted molar refractivity (Wildman–Crippen MR) is 87.2 cm³/mol. The van der Waals surface area contributed by atoms with E-state index >= 15 is 0 Å². The third-order valence-corrected chi connectivity index (χ3v) is 4.44. The summed E-state index contributed by atoms with van der Waals surface area (Å²) < 4.78 is 0. The van der Waals surface area contributed by atoms with Crippen LogP contribution in [0.3, 0.4) is 0 Å².